The number of aromatic hydroxyl groups is 2. The maximum Gasteiger partial charge on any atom is 0.121 e. The van der Waals surface area contributed by atoms with Crippen LogP contribution in [-0.4, -0.2) is 10.2 Å². The highest BCUT2D eigenvalue weighted by atomic mass is 16.3. The van der Waals surface area contributed by atoms with Gasteiger partial charge in [0, 0.05) is 0 Å². The van der Waals surface area contributed by atoms with E-state index in [2.05, 4.69) is 38.1 Å². The Balaban J connectivity index is 1.25. The van der Waals surface area contributed by atoms with Gasteiger partial charge in [-0.3, -0.25) is 0 Å². The van der Waals surface area contributed by atoms with Crippen molar-refractivity contribution in [3.05, 3.63) is 57.6 Å². The van der Waals surface area contributed by atoms with E-state index in [1.54, 1.807) is 0 Å². The predicted octanol–water partition coefficient (Wildman–Crippen LogP) is 9.16. The molecule has 0 unspecified atom stereocenters. The van der Waals surface area contributed by atoms with Crippen LogP contribution in [0.1, 0.15) is 135 Å². The first-order valence-electron chi connectivity index (χ1n) is 14.2. The largest absolute Gasteiger partial charge is 0.507 e. The first-order valence-corrected chi connectivity index (χ1v) is 14.2. The van der Waals surface area contributed by atoms with Crippen molar-refractivity contribution in [3.8, 4) is 11.5 Å². The lowest BCUT2D eigenvalue weighted by molar-refractivity contribution is 0.412. The summed E-state index contributed by atoms with van der Waals surface area (Å²) in [5, 5.41) is 21.3. The third kappa shape index (κ3) is 6.37. The number of hydrogen-bond donors (Lipinski definition) is 2. The van der Waals surface area contributed by atoms with E-state index in [1.165, 1.54) is 112 Å². The molecule has 186 valence electrons. The molecule has 0 saturated heterocycles. The van der Waals surface area contributed by atoms with E-state index < -0.39 is 0 Å². The number of phenols is 2. The number of phenolic OH excluding ortho intramolecular Hbond substituents is 2. The highest BCUT2D eigenvalue weighted by Crippen LogP contribution is 2.40. The molecule has 2 aromatic rings. The van der Waals surface area contributed by atoms with E-state index in [0.29, 0.717) is 23.3 Å². The summed E-state index contributed by atoms with van der Waals surface area (Å²) < 4.78 is 0. The van der Waals surface area contributed by atoms with Crippen LogP contribution in [0.5, 0.6) is 11.5 Å². The van der Waals surface area contributed by atoms with E-state index in [4.69, 9.17) is 0 Å². The van der Waals surface area contributed by atoms with Crippen LogP contribution in [-0.2, 0) is 12.8 Å². The molecular formula is C32H46O2. The fourth-order valence-corrected chi connectivity index (χ4v) is 6.52. The molecule has 2 nitrogen and oxygen atoms in total. The molecule has 0 heterocycles. The molecule has 0 radical (unpaired) electrons. The van der Waals surface area contributed by atoms with Crippen LogP contribution in [0.15, 0.2) is 24.3 Å². The van der Waals surface area contributed by atoms with Crippen molar-refractivity contribution in [2.75, 3.05) is 0 Å². The lowest BCUT2D eigenvalue weighted by Gasteiger charge is -2.24. The van der Waals surface area contributed by atoms with Crippen LogP contribution in [0.2, 0.25) is 0 Å². The van der Waals surface area contributed by atoms with Crippen LogP contribution in [0.4, 0.5) is 0 Å². The average molecular weight is 463 g/mol. The molecule has 0 bridgehead atoms. The van der Waals surface area contributed by atoms with Crippen LogP contribution in [0.25, 0.3) is 0 Å². The fraction of sp³-hybridized carbons (Fsp3) is 0.625. The van der Waals surface area contributed by atoms with Crippen LogP contribution in [0, 0.1) is 13.8 Å². The van der Waals surface area contributed by atoms with Gasteiger partial charge in [-0.05, 0) is 110 Å². The van der Waals surface area contributed by atoms with Crippen molar-refractivity contribution in [3.63, 3.8) is 0 Å². The highest BCUT2D eigenvalue weighted by molar-refractivity contribution is 5.46. The molecule has 2 N–H and O–H groups in total. The monoisotopic (exact) mass is 462 g/mol. The molecule has 0 amide bonds. The predicted molar refractivity (Wildman–Crippen MR) is 143 cm³/mol. The first kappa shape index (κ1) is 25.1. The second-order valence-electron chi connectivity index (χ2n) is 11.3. The smallest absolute Gasteiger partial charge is 0.121 e. The Morgan fingerprint density at radius 3 is 1.32 bits per heavy atom. The van der Waals surface area contributed by atoms with Crippen LogP contribution < -0.4 is 0 Å². The van der Waals surface area contributed by atoms with E-state index in [-0.39, 0.29) is 0 Å². The molecule has 2 aliphatic carbocycles. The fourth-order valence-electron chi connectivity index (χ4n) is 6.52. The molecule has 34 heavy (non-hydrogen) atoms. The molecule has 2 fully saturated rings. The van der Waals surface area contributed by atoms with Gasteiger partial charge >= 0.3 is 0 Å². The number of aryl methyl sites for hydroxylation is 4. The molecule has 0 aliphatic heterocycles. The highest BCUT2D eigenvalue weighted by Gasteiger charge is 2.21. The minimum Gasteiger partial charge on any atom is -0.507 e. The van der Waals surface area contributed by atoms with Gasteiger partial charge in [-0.2, -0.15) is 0 Å². The van der Waals surface area contributed by atoms with Crippen molar-refractivity contribution in [1.82, 2.24) is 0 Å². The maximum atomic E-state index is 10.6. The zero-order chi connectivity index (χ0) is 23.9. The van der Waals surface area contributed by atoms with Gasteiger partial charge in [0.15, 0.2) is 0 Å². The van der Waals surface area contributed by atoms with Gasteiger partial charge in [0.2, 0.25) is 0 Å². The number of unbranched alkanes of at least 4 members (excludes halogenated alkanes) is 3. The number of benzene rings is 2. The van der Waals surface area contributed by atoms with Gasteiger partial charge < -0.3 is 10.2 Å². The van der Waals surface area contributed by atoms with Gasteiger partial charge in [0.25, 0.3) is 0 Å². The molecule has 2 aromatic carbocycles. The Morgan fingerprint density at radius 2 is 0.941 bits per heavy atom. The summed E-state index contributed by atoms with van der Waals surface area (Å²) in [5.41, 5.74) is 7.34. The Morgan fingerprint density at radius 1 is 0.559 bits per heavy atom. The summed E-state index contributed by atoms with van der Waals surface area (Å²) in [5.74, 6) is 2.21. The minimum atomic E-state index is 0.549. The van der Waals surface area contributed by atoms with Crippen molar-refractivity contribution in [2.24, 2.45) is 0 Å². The van der Waals surface area contributed by atoms with Crippen molar-refractivity contribution in [2.45, 2.75) is 128 Å². The van der Waals surface area contributed by atoms with Gasteiger partial charge in [-0.25, -0.2) is 0 Å². The van der Waals surface area contributed by atoms with E-state index in [0.717, 1.165) is 24.0 Å². The normalized spacial score (nSPS) is 17.8. The van der Waals surface area contributed by atoms with Gasteiger partial charge in [-0.15, -0.1) is 0 Å². The average Bonchev–Trinajstić information content (AvgIpc) is 2.86. The maximum absolute atomic E-state index is 10.6. The summed E-state index contributed by atoms with van der Waals surface area (Å²) in [6.45, 7) is 4.12. The SMILES string of the molecule is Cc1cc(CCCCCCc2cc(C)c(O)c(C3CCCCC3)c2)cc(C2CCCCC2)c1O. The van der Waals surface area contributed by atoms with E-state index in [9.17, 15) is 10.2 Å². The Hall–Kier alpha value is -1.96. The Bertz CT molecular complexity index is 855. The molecule has 0 spiro atoms. The molecule has 0 aromatic heterocycles. The second kappa shape index (κ2) is 12.1. The topological polar surface area (TPSA) is 40.5 Å². The van der Waals surface area contributed by atoms with Crippen LogP contribution >= 0.6 is 0 Å². The van der Waals surface area contributed by atoms with Crippen LogP contribution in [0.3, 0.4) is 0 Å². The summed E-state index contributed by atoms with van der Waals surface area (Å²) in [6, 6.07) is 9.02. The quantitative estimate of drug-likeness (QED) is 0.365. The lowest BCUT2D eigenvalue weighted by Crippen LogP contribution is -2.06. The van der Waals surface area contributed by atoms with Crippen molar-refractivity contribution < 1.29 is 10.2 Å². The Labute approximate surface area is 207 Å². The zero-order valence-corrected chi connectivity index (χ0v) is 21.7. The molecule has 4 rings (SSSR count). The van der Waals surface area contributed by atoms with Gasteiger partial charge in [0.05, 0.1) is 0 Å². The molecule has 2 aliphatic rings. The molecule has 2 heteroatoms. The lowest BCUT2D eigenvalue weighted by atomic mass is 9.82. The molecule has 2 saturated carbocycles. The summed E-state index contributed by atoms with van der Waals surface area (Å²) in [4.78, 5) is 0. The number of hydrogen-bond acceptors (Lipinski definition) is 2. The zero-order valence-electron chi connectivity index (χ0n) is 21.7. The standard InChI is InChI=1S/C32H46O2/c1-23-19-25(21-29(31(23)33)27-15-9-5-10-16-27)13-7-3-4-8-14-26-20-24(2)32(34)30(22-26)28-17-11-6-12-18-28/h19-22,27-28,33-34H,3-18H2,1-2H3. The Kier molecular flexibility index (Phi) is 8.98. The summed E-state index contributed by atoms with van der Waals surface area (Å²) in [7, 11) is 0. The molecule has 0 atom stereocenters. The van der Waals surface area contributed by atoms with Gasteiger partial charge in [0.1, 0.15) is 11.5 Å². The number of rotatable bonds is 9. The van der Waals surface area contributed by atoms with Crippen molar-refractivity contribution >= 4 is 0 Å². The summed E-state index contributed by atoms with van der Waals surface area (Å²) in [6.07, 6.45) is 20.0. The molecular weight excluding hydrogens is 416 g/mol. The third-order valence-electron chi connectivity index (χ3n) is 8.55. The minimum absolute atomic E-state index is 0.549. The second-order valence-corrected chi connectivity index (χ2v) is 11.3. The first-order chi connectivity index (χ1) is 16.5. The third-order valence-corrected chi connectivity index (χ3v) is 8.55. The van der Waals surface area contributed by atoms with E-state index >= 15 is 0 Å². The van der Waals surface area contributed by atoms with Crippen molar-refractivity contribution in [1.29, 1.82) is 0 Å². The van der Waals surface area contributed by atoms with E-state index in [1.807, 2.05) is 0 Å². The van der Waals surface area contributed by atoms with Gasteiger partial charge in [-0.1, -0.05) is 75.6 Å². The summed E-state index contributed by atoms with van der Waals surface area (Å²) >= 11 is 0.